The number of hydrogen-bond donors (Lipinski definition) is 2. The molecule has 2 aromatic carbocycles. The number of rotatable bonds is 5. The van der Waals surface area contributed by atoms with Gasteiger partial charge in [-0.2, -0.15) is 0 Å². The number of benzene rings is 2. The molecular weight excluding hydrogens is 373 g/mol. The molecule has 0 saturated carbocycles. The molecule has 7 nitrogen and oxygen atoms in total. The average molecular weight is 391 g/mol. The molecule has 4 rings (SSSR count). The second kappa shape index (κ2) is 7.23. The molecule has 0 fully saturated rings. The standard InChI is InChI=1S/C21H18FN5O2/c1-13-9-19(25-27(13)15-6-4-5-14(22)10-15)24-20(28)12-26-11-17(21(23)29)16-7-2-3-8-18(16)26/h2-11H,12H2,1H3,(H2,23,29)(H,24,25,28). The number of anilines is 1. The normalized spacial score (nSPS) is 11.0. The van der Waals surface area contributed by atoms with Gasteiger partial charge in [0.25, 0.3) is 5.91 Å². The molecule has 0 bridgehead atoms. The van der Waals surface area contributed by atoms with Crippen molar-refractivity contribution in [3.63, 3.8) is 0 Å². The van der Waals surface area contributed by atoms with Gasteiger partial charge < -0.3 is 15.6 Å². The molecule has 2 heterocycles. The van der Waals surface area contributed by atoms with Crippen molar-refractivity contribution in [2.24, 2.45) is 5.73 Å². The Bertz CT molecular complexity index is 1240. The summed E-state index contributed by atoms with van der Waals surface area (Å²) >= 11 is 0. The van der Waals surface area contributed by atoms with Crippen molar-refractivity contribution in [1.29, 1.82) is 0 Å². The number of aromatic nitrogens is 3. The van der Waals surface area contributed by atoms with Crippen LogP contribution >= 0.6 is 0 Å². The molecule has 29 heavy (non-hydrogen) atoms. The third-order valence-corrected chi connectivity index (χ3v) is 4.58. The first-order chi connectivity index (χ1) is 13.9. The van der Waals surface area contributed by atoms with Crippen LogP contribution in [0, 0.1) is 12.7 Å². The highest BCUT2D eigenvalue weighted by Gasteiger charge is 2.15. The number of aryl methyl sites for hydroxylation is 1. The fourth-order valence-corrected chi connectivity index (χ4v) is 3.32. The van der Waals surface area contributed by atoms with E-state index >= 15 is 0 Å². The van der Waals surface area contributed by atoms with Gasteiger partial charge in [0.1, 0.15) is 12.4 Å². The molecule has 146 valence electrons. The summed E-state index contributed by atoms with van der Waals surface area (Å²) in [6.45, 7) is 1.80. The zero-order valence-electron chi connectivity index (χ0n) is 15.6. The highest BCUT2D eigenvalue weighted by Crippen LogP contribution is 2.21. The van der Waals surface area contributed by atoms with E-state index in [9.17, 15) is 14.0 Å². The summed E-state index contributed by atoms with van der Waals surface area (Å²) in [5, 5.41) is 7.76. The maximum Gasteiger partial charge on any atom is 0.250 e. The van der Waals surface area contributed by atoms with E-state index < -0.39 is 5.91 Å². The lowest BCUT2D eigenvalue weighted by Crippen LogP contribution is -2.19. The number of carbonyl (C=O) groups is 2. The molecule has 3 N–H and O–H groups in total. The number of halogens is 1. The van der Waals surface area contributed by atoms with Crippen molar-refractivity contribution in [2.75, 3.05) is 5.32 Å². The summed E-state index contributed by atoms with van der Waals surface area (Å²) in [7, 11) is 0. The third kappa shape index (κ3) is 3.60. The van der Waals surface area contributed by atoms with Crippen molar-refractivity contribution in [2.45, 2.75) is 13.5 Å². The van der Waals surface area contributed by atoms with Crippen LogP contribution < -0.4 is 11.1 Å². The molecule has 2 aromatic heterocycles. The first-order valence-corrected chi connectivity index (χ1v) is 8.92. The van der Waals surface area contributed by atoms with E-state index in [4.69, 9.17) is 5.73 Å². The SMILES string of the molecule is Cc1cc(NC(=O)Cn2cc(C(N)=O)c3ccccc32)nn1-c1cccc(F)c1. The van der Waals surface area contributed by atoms with Crippen molar-refractivity contribution in [1.82, 2.24) is 14.3 Å². The van der Waals surface area contributed by atoms with Crippen molar-refractivity contribution >= 4 is 28.5 Å². The minimum absolute atomic E-state index is 0.0142. The van der Waals surface area contributed by atoms with Crippen molar-refractivity contribution in [3.05, 3.63) is 77.9 Å². The van der Waals surface area contributed by atoms with Gasteiger partial charge in [0.05, 0.1) is 11.3 Å². The van der Waals surface area contributed by atoms with E-state index in [1.165, 1.54) is 12.1 Å². The molecule has 0 saturated heterocycles. The minimum atomic E-state index is -0.551. The van der Waals surface area contributed by atoms with Gasteiger partial charge in [-0.05, 0) is 31.2 Å². The van der Waals surface area contributed by atoms with Gasteiger partial charge in [-0.25, -0.2) is 9.07 Å². The lowest BCUT2D eigenvalue weighted by Gasteiger charge is -2.06. The highest BCUT2D eigenvalue weighted by atomic mass is 19.1. The molecule has 4 aromatic rings. The Balaban J connectivity index is 1.56. The Morgan fingerprint density at radius 3 is 2.69 bits per heavy atom. The lowest BCUT2D eigenvalue weighted by atomic mass is 10.2. The van der Waals surface area contributed by atoms with Gasteiger partial charge in [-0.3, -0.25) is 9.59 Å². The van der Waals surface area contributed by atoms with Gasteiger partial charge in [0.15, 0.2) is 5.82 Å². The third-order valence-electron chi connectivity index (χ3n) is 4.58. The summed E-state index contributed by atoms with van der Waals surface area (Å²) in [5.41, 5.74) is 7.84. The number of hydrogen-bond acceptors (Lipinski definition) is 3. The predicted octanol–water partition coefficient (Wildman–Crippen LogP) is 3.01. The Kier molecular flexibility index (Phi) is 4.59. The Morgan fingerprint density at radius 2 is 1.93 bits per heavy atom. The van der Waals surface area contributed by atoms with Crippen LogP contribution in [0.1, 0.15) is 16.1 Å². The van der Waals surface area contributed by atoms with Crippen LogP contribution in [0.2, 0.25) is 0 Å². The number of nitrogens with zero attached hydrogens (tertiary/aromatic N) is 3. The van der Waals surface area contributed by atoms with Crippen LogP contribution in [0.25, 0.3) is 16.6 Å². The number of primary amides is 1. The number of carbonyl (C=O) groups excluding carboxylic acids is 2. The van der Waals surface area contributed by atoms with Gasteiger partial charge in [0, 0.05) is 28.9 Å². The van der Waals surface area contributed by atoms with Gasteiger partial charge in [0.2, 0.25) is 5.91 Å². The zero-order chi connectivity index (χ0) is 20.5. The maximum absolute atomic E-state index is 13.5. The summed E-state index contributed by atoms with van der Waals surface area (Å²) in [6.07, 6.45) is 1.57. The number of fused-ring (bicyclic) bond motifs is 1. The topological polar surface area (TPSA) is 94.9 Å². The molecule has 0 aliphatic heterocycles. The van der Waals surface area contributed by atoms with Gasteiger partial charge >= 0.3 is 0 Å². The number of para-hydroxylation sites is 1. The van der Waals surface area contributed by atoms with E-state index in [1.807, 2.05) is 19.1 Å². The molecule has 0 unspecified atom stereocenters. The second-order valence-corrected chi connectivity index (χ2v) is 6.66. The Labute approximate surface area is 165 Å². The van der Waals surface area contributed by atoms with Crippen LogP contribution in [0.5, 0.6) is 0 Å². The molecule has 8 heteroatoms. The van der Waals surface area contributed by atoms with E-state index in [-0.39, 0.29) is 18.3 Å². The van der Waals surface area contributed by atoms with Crippen molar-refractivity contribution < 1.29 is 14.0 Å². The van der Waals surface area contributed by atoms with Crippen LogP contribution in [-0.2, 0) is 11.3 Å². The molecule has 0 aliphatic rings. The maximum atomic E-state index is 13.5. The lowest BCUT2D eigenvalue weighted by molar-refractivity contribution is -0.116. The van der Waals surface area contributed by atoms with Crippen LogP contribution in [-0.4, -0.2) is 26.2 Å². The summed E-state index contributed by atoms with van der Waals surface area (Å²) in [6, 6.07) is 15.0. The van der Waals surface area contributed by atoms with Crippen LogP contribution in [0.15, 0.2) is 60.8 Å². The van der Waals surface area contributed by atoms with E-state index in [0.29, 0.717) is 22.5 Å². The summed E-state index contributed by atoms with van der Waals surface area (Å²) in [4.78, 5) is 24.2. The minimum Gasteiger partial charge on any atom is -0.366 e. The quantitative estimate of drug-likeness (QED) is 0.547. The summed E-state index contributed by atoms with van der Waals surface area (Å²) in [5.74, 6) is -0.883. The Morgan fingerprint density at radius 1 is 1.14 bits per heavy atom. The van der Waals surface area contributed by atoms with Crippen LogP contribution in [0.4, 0.5) is 10.2 Å². The largest absolute Gasteiger partial charge is 0.366 e. The smallest absolute Gasteiger partial charge is 0.250 e. The monoisotopic (exact) mass is 391 g/mol. The first kappa shape index (κ1) is 18.4. The second-order valence-electron chi connectivity index (χ2n) is 6.66. The number of amides is 2. The number of nitrogens with two attached hydrogens (primary N) is 1. The Hall–Kier alpha value is -3.94. The fraction of sp³-hybridized carbons (Fsp3) is 0.0952. The summed E-state index contributed by atoms with van der Waals surface area (Å²) < 4.78 is 16.7. The molecule has 0 spiro atoms. The molecular formula is C21H18FN5O2. The highest BCUT2D eigenvalue weighted by molar-refractivity contribution is 6.06. The molecule has 0 aliphatic carbocycles. The van der Waals surface area contributed by atoms with Gasteiger partial charge in [-0.1, -0.05) is 24.3 Å². The van der Waals surface area contributed by atoms with Gasteiger partial charge in [-0.15, -0.1) is 5.10 Å². The van der Waals surface area contributed by atoms with E-state index in [2.05, 4.69) is 10.4 Å². The van der Waals surface area contributed by atoms with E-state index in [0.717, 1.165) is 11.2 Å². The zero-order valence-corrected chi connectivity index (χ0v) is 15.6. The fourth-order valence-electron chi connectivity index (χ4n) is 3.32. The van der Waals surface area contributed by atoms with Crippen molar-refractivity contribution in [3.8, 4) is 5.69 Å². The average Bonchev–Trinajstić information content (AvgIpc) is 3.22. The first-order valence-electron chi connectivity index (χ1n) is 8.92. The molecule has 0 radical (unpaired) electrons. The predicted molar refractivity (Wildman–Crippen MR) is 107 cm³/mol. The number of nitrogens with one attached hydrogen (secondary N) is 1. The van der Waals surface area contributed by atoms with E-state index in [1.54, 1.807) is 45.8 Å². The van der Waals surface area contributed by atoms with Crippen LogP contribution in [0.3, 0.4) is 0 Å². The molecule has 2 amide bonds. The molecule has 0 atom stereocenters.